The molecule has 2 aromatic heterocycles. The number of nitrogens with one attached hydrogen (secondary N) is 1. The molecule has 0 saturated heterocycles. The first-order valence-electron chi connectivity index (χ1n) is 7.11. The first kappa shape index (κ1) is 16.1. The largest absolute Gasteiger partial charge is 0.478 e. The first-order valence-corrected chi connectivity index (χ1v) is 7.11. The molecule has 3 aromatic rings. The van der Waals surface area contributed by atoms with E-state index in [0.717, 1.165) is 16.9 Å². The van der Waals surface area contributed by atoms with Gasteiger partial charge >= 0.3 is 5.97 Å². The summed E-state index contributed by atoms with van der Waals surface area (Å²) in [5.74, 6) is -1.62. The van der Waals surface area contributed by atoms with Crippen molar-refractivity contribution in [3.05, 3.63) is 75.4 Å². The fourth-order valence-electron chi connectivity index (χ4n) is 2.45. The topological polar surface area (TPSA) is 92.3 Å². The number of carbonyl (C=O) groups is 1. The number of nitrogens with zero attached hydrogens (tertiary/aromatic N) is 3. The molecule has 2 heterocycles. The van der Waals surface area contributed by atoms with Gasteiger partial charge in [-0.3, -0.25) is 9.89 Å². The number of H-pyrrole nitrogens is 1. The number of carboxylic acid groups (broad SMARTS) is 1. The zero-order valence-electron chi connectivity index (χ0n) is 12.9. The lowest BCUT2D eigenvalue weighted by molar-refractivity contribution is 0.0696. The van der Waals surface area contributed by atoms with E-state index in [2.05, 4.69) is 14.9 Å². The third-order valence-corrected chi connectivity index (χ3v) is 3.65. The molecule has 0 saturated carbocycles. The Morgan fingerprint density at radius 1 is 1.36 bits per heavy atom. The highest BCUT2D eigenvalue weighted by atomic mass is 19.1. The molecule has 0 spiro atoms. The minimum Gasteiger partial charge on any atom is -0.478 e. The zero-order valence-corrected chi connectivity index (χ0v) is 12.9. The van der Waals surface area contributed by atoms with E-state index >= 15 is 0 Å². The number of halogens is 1. The van der Waals surface area contributed by atoms with Crippen LogP contribution in [0.4, 0.5) is 10.1 Å². The van der Waals surface area contributed by atoms with E-state index < -0.39 is 17.3 Å². The predicted octanol–water partition coefficient (Wildman–Crippen LogP) is 2.92. The van der Waals surface area contributed by atoms with E-state index in [1.54, 1.807) is 6.92 Å². The van der Waals surface area contributed by atoms with Crippen LogP contribution in [0.25, 0.3) is 21.8 Å². The average molecular weight is 338 g/mol. The van der Waals surface area contributed by atoms with Crippen LogP contribution in [0.2, 0.25) is 0 Å². The van der Waals surface area contributed by atoms with Crippen LogP contribution in [0.5, 0.6) is 0 Å². The summed E-state index contributed by atoms with van der Waals surface area (Å²) in [4.78, 5) is 30.6. The number of aryl methyl sites for hydroxylation is 1. The smallest absolute Gasteiger partial charge is 0.337 e. The highest BCUT2D eigenvalue weighted by Gasteiger charge is 2.18. The van der Waals surface area contributed by atoms with Crippen molar-refractivity contribution in [1.82, 2.24) is 14.8 Å². The van der Waals surface area contributed by atoms with Crippen LogP contribution >= 0.6 is 0 Å². The lowest BCUT2D eigenvalue weighted by Crippen LogP contribution is -2.17. The van der Waals surface area contributed by atoms with Crippen LogP contribution in [0.15, 0.2) is 41.3 Å². The second kappa shape index (κ2) is 6.05. The van der Waals surface area contributed by atoms with Gasteiger partial charge in [0.1, 0.15) is 5.82 Å². The first-order chi connectivity index (χ1) is 11.9. The molecule has 3 rings (SSSR count). The number of hydrogen-bond donors (Lipinski definition) is 2. The molecule has 0 aliphatic carbocycles. The van der Waals surface area contributed by atoms with Gasteiger partial charge in [-0.25, -0.2) is 23.7 Å². The van der Waals surface area contributed by atoms with Gasteiger partial charge in [0.15, 0.2) is 11.5 Å². The molecule has 25 heavy (non-hydrogen) atoms. The standard InChI is InChI=1S/C17H11FN4O3/c1-9-15(12-5-4-11(19-2)7-13(12)18)16(23)22(21-9)14-6-3-10(8-20-14)17(24)25/h3-8,21H,1H3,(H,24,25). The van der Waals surface area contributed by atoms with Crippen molar-refractivity contribution in [2.24, 2.45) is 0 Å². The summed E-state index contributed by atoms with van der Waals surface area (Å²) in [5.41, 5.74) is 0.220. The SMILES string of the molecule is [C-]#[N+]c1ccc(-c2c(C)[nH]n(-c3ccc(C(=O)O)cn3)c2=O)c(F)c1. The summed E-state index contributed by atoms with van der Waals surface area (Å²) in [5, 5.41) is 11.7. The molecule has 0 fully saturated rings. The molecule has 8 heteroatoms. The number of aromatic amines is 1. The third-order valence-electron chi connectivity index (χ3n) is 3.65. The Balaban J connectivity index is 2.12. The molecular weight excluding hydrogens is 327 g/mol. The van der Waals surface area contributed by atoms with Crippen molar-refractivity contribution in [3.63, 3.8) is 0 Å². The number of aromatic nitrogens is 3. The maximum absolute atomic E-state index is 14.3. The molecule has 0 bridgehead atoms. The molecule has 7 nitrogen and oxygen atoms in total. The molecule has 124 valence electrons. The lowest BCUT2D eigenvalue weighted by Gasteiger charge is -2.01. The van der Waals surface area contributed by atoms with Gasteiger partial charge in [0.25, 0.3) is 5.56 Å². The van der Waals surface area contributed by atoms with Gasteiger partial charge in [-0.1, -0.05) is 12.1 Å². The summed E-state index contributed by atoms with van der Waals surface area (Å²) in [6.45, 7) is 8.51. The summed E-state index contributed by atoms with van der Waals surface area (Å²) in [6, 6.07) is 6.58. The second-order valence-corrected chi connectivity index (χ2v) is 5.24. The molecule has 0 amide bonds. The Morgan fingerprint density at radius 3 is 2.68 bits per heavy atom. The Hall–Kier alpha value is -3.73. The van der Waals surface area contributed by atoms with Gasteiger partial charge in [0.05, 0.1) is 17.7 Å². The summed E-state index contributed by atoms with van der Waals surface area (Å²) < 4.78 is 15.4. The van der Waals surface area contributed by atoms with Crippen LogP contribution in [0.3, 0.4) is 0 Å². The van der Waals surface area contributed by atoms with Gasteiger partial charge in [-0.05, 0) is 25.1 Å². The normalized spacial score (nSPS) is 10.4. The summed E-state index contributed by atoms with van der Waals surface area (Å²) in [7, 11) is 0. The van der Waals surface area contributed by atoms with E-state index in [-0.39, 0.29) is 28.2 Å². The predicted molar refractivity (Wildman–Crippen MR) is 87.5 cm³/mol. The molecule has 2 N–H and O–H groups in total. The maximum Gasteiger partial charge on any atom is 0.337 e. The maximum atomic E-state index is 14.3. The van der Waals surface area contributed by atoms with Gasteiger partial charge in [-0.2, -0.15) is 0 Å². The number of benzene rings is 1. The molecule has 0 unspecified atom stereocenters. The Kier molecular flexibility index (Phi) is 3.91. The highest BCUT2D eigenvalue weighted by molar-refractivity contribution is 5.87. The van der Waals surface area contributed by atoms with Gasteiger partial charge in [0.2, 0.25) is 0 Å². The molecule has 0 atom stereocenters. The van der Waals surface area contributed by atoms with Crippen molar-refractivity contribution < 1.29 is 14.3 Å². The Bertz CT molecular complexity index is 1070. The zero-order chi connectivity index (χ0) is 18.1. The van der Waals surface area contributed by atoms with Crippen molar-refractivity contribution in [2.75, 3.05) is 0 Å². The van der Waals surface area contributed by atoms with Crippen LogP contribution in [-0.4, -0.2) is 25.8 Å². The Labute approximate surface area is 140 Å². The van der Waals surface area contributed by atoms with Gasteiger partial charge < -0.3 is 5.11 Å². The van der Waals surface area contributed by atoms with E-state index in [0.29, 0.717) is 5.69 Å². The lowest BCUT2D eigenvalue weighted by atomic mass is 10.1. The van der Waals surface area contributed by atoms with Crippen LogP contribution < -0.4 is 5.56 Å². The fraction of sp³-hybridized carbons (Fsp3) is 0.0588. The van der Waals surface area contributed by atoms with Gasteiger partial charge in [-0.15, -0.1) is 0 Å². The van der Waals surface area contributed by atoms with Crippen LogP contribution in [0.1, 0.15) is 16.1 Å². The summed E-state index contributed by atoms with van der Waals surface area (Å²) >= 11 is 0. The monoisotopic (exact) mass is 338 g/mol. The number of aromatic carboxylic acids is 1. The highest BCUT2D eigenvalue weighted by Crippen LogP contribution is 2.26. The van der Waals surface area contributed by atoms with Crippen LogP contribution in [-0.2, 0) is 0 Å². The number of hydrogen-bond acceptors (Lipinski definition) is 3. The molecule has 0 aliphatic rings. The van der Waals surface area contributed by atoms with E-state index in [1.165, 1.54) is 24.3 Å². The average Bonchev–Trinajstić information content (AvgIpc) is 2.89. The van der Waals surface area contributed by atoms with Crippen molar-refractivity contribution >= 4 is 11.7 Å². The molecule has 0 aliphatic heterocycles. The number of carboxylic acids is 1. The molecule has 1 aromatic carbocycles. The van der Waals surface area contributed by atoms with E-state index in [9.17, 15) is 14.0 Å². The van der Waals surface area contributed by atoms with Crippen molar-refractivity contribution in [3.8, 4) is 16.9 Å². The third kappa shape index (κ3) is 2.79. The molecule has 0 radical (unpaired) electrons. The van der Waals surface area contributed by atoms with E-state index in [4.69, 9.17) is 11.7 Å². The summed E-state index contributed by atoms with van der Waals surface area (Å²) in [6.07, 6.45) is 1.13. The van der Waals surface area contributed by atoms with E-state index in [1.807, 2.05) is 0 Å². The second-order valence-electron chi connectivity index (χ2n) is 5.24. The minimum absolute atomic E-state index is 0.0129. The number of pyridine rings is 1. The van der Waals surface area contributed by atoms with Crippen LogP contribution in [0, 0.1) is 19.3 Å². The quantitative estimate of drug-likeness (QED) is 0.718. The fourth-order valence-corrected chi connectivity index (χ4v) is 2.45. The van der Waals surface area contributed by atoms with Crippen molar-refractivity contribution in [1.29, 1.82) is 0 Å². The number of rotatable bonds is 3. The van der Waals surface area contributed by atoms with Crippen molar-refractivity contribution in [2.45, 2.75) is 6.92 Å². The van der Waals surface area contributed by atoms with Gasteiger partial charge in [0, 0.05) is 17.5 Å². The Morgan fingerprint density at radius 2 is 2.12 bits per heavy atom. The minimum atomic E-state index is -1.13. The molecular formula is C17H11FN4O3.